The second-order valence-electron chi connectivity index (χ2n) is 3.83. The number of hydrogen-bond acceptors (Lipinski definition) is 5. The lowest BCUT2D eigenvalue weighted by Gasteiger charge is -2.20. The van der Waals surface area contributed by atoms with Crippen LogP contribution in [0.3, 0.4) is 0 Å². The molecule has 0 radical (unpaired) electrons. The standard InChI is InChI=1S/C12H22N4O/c1-4-16(5-2)12-9-11(13-7-6-8-17)14-10(3)15-12/h9,17H,4-8H2,1-3H3,(H,13,14,15). The van der Waals surface area contributed by atoms with Crippen LogP contribution in [0, 0.1) is 6.92 Å². The van der Waals surface area contributed by atoms with Crippen molar-refractivity contribution in [1.29, 1.82) is 0 Å². The summed E-state index contributed by atoms with van der Waals surface area (Å²) in [6, 6.07) is 1.96. The maximum atomic E-state index is 8.74. The average Bonchev–Trinajstić information content (AvgIpc) is 2.30. The Morgan fingerprint density at radius 1 is 1.29 bits per heavy atom. The fourth-order valence-electron chi connectivity index (χ4n) is 1.65. The highest BCUT2D eigenvalue weighted by atomic mass is 16.3. The van der Waals surface area contributed by atoms with E-state index in [1.807, 2.05) is 13.0 Å². The molecule has 0 saturated carbocycles. The third-order valence-electron chi connectivity index (χ3n) is 2.55. The summed E-state index contributed by atoms with van der Waals surface area (Å²) in [5.74, 6) is 2.54. The van der Waals surface area contributed by atoms with Crippen molar-refractivity contribution in [2.45, 2.75) is 27.2 Å². The quantitative estimate of drug-likeness (QED) is 0.704. The van der Waals surface area contributed by atoms with Gasteiger partial charge in [-0.1, -0.05) is 0 Å². The summed E-state index contributed by atoms with van der Waals surface area (Å²) < 4.78 is 0. The third-order valence-corrected chi connectivity index (χ3v) is 2.55. The molecule has 0 amide bonds. The zero-order chi connectivity index (χ0) is 12.7. The van der Waals surface area contributed by atoms with Gasteiger partial charge < -0.3 is 15.3 Å². The van der Waals surface area contributed by atoms with Gasteiger partial charge in [-0.25, -0.2) is 9.97 Å². The maximum Gasteiger partial charge on any atom is 0.134 e. The summed E-state index contributed by atoms with van der Waals surface area (Å²) in [6.07, 6.45) is 0.726. The molecular formula is C12H22N4O. The highest BCUT2D eigenvalue weighted by Crippen LogP contribution is 2.15. The second kappa shape index (κ2) is 7.06. The Labute approximate surface area is 103 Å². The Hall–Kier alpha value is -1.36. The zero-order valence-electron chi connectivity index (χ0n) is 10.9. The van der Waals surface area contributed by atoms with E-state index in [0.29, 0.717) is 0 Å². The smallest absolute Gasteiger partial charge is 0.134 e. The Kier molecular flexibility index (Phi) is 5.69. The molecule has 0 aliphatic carbocycles. The molecule has 0 aromatic carbocycles. The molecule has 1 rings (SSSR count). The fraction of sp³-hybridized carbons (Fsp3) is 0.667. The Morgan fingerprint density at radius 3 is 2.59 bits per heavy atom. The van der Waals surface area contributed by atoms with Crippen LogP contribution in [0.1, 0.15) is 26.1 Å². The molecule has 0 unspecified atom stereocenters. The molecule has 0 atom stereocenters. The number of aromatic nitrogens is 2. The van der Waals surface area contributed by atoms with E-state index in [1.54, 1.807) is 0 Å². The first-order chi connectivity index (χ1) is 8.21. The third kappa shape index (κ3) is 4.19. The van der Waals surface area contributed by atoms with Crippen LogP contribution < -0.4 is 10.2 Å². The van der Waals surface area contributed by atoms with Crippen LogP contribution in [0.5, 0.6) is 0 Å². The first kappa shape index (κ1) is 13.7. The van der Waals surface area contributed by atoms with Gasteiger partial charge in [0.1, 0.15) is 17.5 Å². The maximum absolute atomic E-state index is 8.74. The number of rotatable bonds is 7. The van der Waals surface area contributed by atoms with Gasteiger partial charge in [0.05, 0.1) is 0 Å². The lowest BCUT2D eigenvalue weighted by atomic mass is 10.4. The van der Waals surface area contributed by atoms with Gasteiger partial charge in [0, 0.05) is 32.3 Å². The first-order valence-corrected chi connectivity index (χ1v) is 6.16. The molecule has 1 heterocycles. The van der Waals surface area contributed by atoms with Crippen LogP contribution >= 0.6 is 0 Å². The molecule has 0 fully saturated rings. The Bertz CT molecular complexity index is 339. The van der Waals surface area contributed by atoms with Crippen LogP contribution in [0.2, 0.25) is 0 Å². The summed E-state index contributed by atoms with van der Waals surface area (Å²) >= 11 is 0. The largest absolute Gasteiger partial charge is 0.396 e. The molecule has 0 aliphatic rings. The van der Waals surface area contributed by atoms with Gasteiger partial charge in [0.15, 0.2) is 0 Å². The molecule has 2 N–H and O–H groups in total. The van der Waals surface area contributed by atoms with E-state index in [2.05, 4.69) is 34.0 Å². The van der Waals surface area contributed by atoms with E-state index in [0.717, 1.165) is 43.5 Å². The molecule has 96 valence electrons. The highest BCUT2D eigenvalue weighted by Gasteiger charge is 2.06. The Balaban J connectivity index is 2.78. The van der Waals surface area contributed by atoms with Crippen LogP contribution in [-0.4, -0.2) is 41.3 Å². The predicted molar refractivity (Wildman–Crippen MR) is 70.5 cm³/mol. The van der Waals surface area contributed by atoms with Crippen molar-refractivity contribution in [2.75, 3.05) is 36.5 Å². The van der Waals surface area contributed by atoms with Crippen LogP contribution in [0.25, 0.3) is 0 Å². The molecular weight excluding hydrogens is 216 g/mol. The molecule has 5 nitrogen and oxygen atoms in total. The first-order valence-electron chi connectivity index (χ1n) is 6.16. The van der Waals surface area contributed by atoms with Crippen LogP contribution in [0.15, 0.2) is 6.07 Å². The summed E-state index contributed by atoms with van der Waals surface area (Å²) in [6.45, 7) is 8.90. The zero-order valence-corrected chi connectivity index (χ0v) is 10.9. The fourth-order valence-corrected chi connectivity index (χ4v) is 1.65. The molecule has 0 spiro atoms. The van der Waals surface area contributed by atoms with Crippen molar-refractivity contribution in [3.63, 3.8) is 0 Å². The van der Waals surface area contributed by atoms with E-state index in [1.165, 1.54) is 0 Å². The van der Waals surface area contributed by atoms with Gasteiger partial charge in [-0.2, -0.15) is 0 Å². The Morgan fingerprint density at radius 2 is 2.00 bits per heavy atom. The van der Waals surface area contributed by atoms with Crippen molar-refractivity contribution < 1.29 is 5.11 Å². The van der Waals surface area contributed by atoms with Gasteiger partial charge in [0.2, 0.25) is 0 Å². The monoisotopic (exact) mass is 238 g/mol. The lowest BCUT2D eigenvalue weighted by molar-refractivity contribution is 0.292. The van der Waals surface area contributed by atoms with Gasteiger partial charge in [-0.05, 0) is 27.2 Å². The molecule has 0 bridgehead atoms. The summed E-state index contributed by atoms with van der Waals surface area (Å²) in [7, 11) is 0. The topological polar surface area (TPSA) is 61.3 Å². The average molecular weight is 238 g/mol. The van der Waals surface area contributed by atoms with E-state index < -0.39 is 0 Å². The summed E-state index contributed by atoms with van der Waals surface area (Å²) in [5.41, 5.74) is 0. The molecule has 1 aromatic heterocycles. The number of anilines is 2. The predicted octanol–water partition coefficient (Wildman–Crippen LogP) is 1.43. The minimum atomic E-state index is 0.194. The van der Waals surface area contributed by atoms with Gasteiger partial charge >= 0.3 is 0 Å². The minimum Gasteiger partial charge on any atom is -0.396 e. The lowest BCUT2D eigenvalue weighted by Crippen LogP contribution is -2.23. The molecule has 17 heavy (non-hydrogen) atoms. The minimum absolute atomic E-state index is 0.194. The van der Waals surface area contributed by atoms with E-state index in [4.69, 9.17) is 5.11 Å². The number of nitrogens with zero attached hydrogens (tertiary/aromatic N) is 3. The van der Waals surface area contributed by atoms with Crippen LogP contribution in [0.4, 0.5) is 11.6 Å². The van der Waals surface area contributed by atoms with Crippen LogP contribution in [-0.2, 0) is 0 Å². The van der Waals surface area contributed by atoms with Crippen molar-refractivity contribution >= 4 is 11.6 Å². The van der Waals surface area contributed by atoms with E-state index >= 15 is 0 Å². The van der Waals surface area contributed by atoms with Crippen molar-refractivity contribution in [2.24, 2.45) is 0 Å². The van der Waals surface area contributed by atoms with E-state index in [-0.39, 0.29) is 6.61 Å². The van der Waals surface area contributed by atoms with Crippen molar-refractivity contribution in [3.8, 4) is 0 Å². The molecule has 1 aromatic rings. The summed E-state index contributed by atoms with van der Waals surface area (Å²) in [5, 5.41) is 11.9. The summed E-state index contributed by atoms with van der Waals surface area (Å²) in [4.78, 5) is 10.9. The van der Waals surface area contributed by atoms with Gasteiger partial charge in [-0.15, -0.1) is 0 Å². The van der Waals surface area contributed by atoms with Gasteiger partial charge in [-0.3, -0.25) is 0 Å². The van der Waals surface area contributed by atoms with Crippen molar-refractivity contribution in [1.82, 2.24) is 9.97 Å². The molecule has 0 aliphatic heterocycles. The van der Waals surface area contributed by atoms with Crippen molar-refractivity contribution in [3.05, 3.63) is 11.9 Å². The molecule has 5 heteroatoms. The van der Waals surface area contributed by atoms with Gasteiger partial charge in [0.25, 0.3) is 0 Å². The van der Waals surface area contributed by atoms with E-state index in [9.17, 15) is 0 Å². The molecule has 0 saturated heterocycles. The number of aliphatic hydroxyl groups is 1. The normalized spacial score (nSPS) is 10.4. The number of nitrogens with one attached hydrogen (secondary N) is 1. The second-order valence-corrected chi connectivity index (χ2v) is 3.83. The highest BCUT2D eigenvalue weighted by molar-refractivity contribution is 5.49. The SMILES string of the molecule is CCN(CC)c1cc(NCCCO)nc(C)n1. The number of aryl methyl sites for hydroxylation is 1. The number of hydrogen-bond donors (Lipinski definition) is 2. The number of aliphatic hydroxyl groups excluding tert-OH is 1.